The van der Waals surface area contributed by atoms with E-state index in [1.54, 1.807) is 30.5 Å². The Hall–Kier alpha value is -2.83. The van der Waals surface area contributed by atoms with Gasteiger partial charge in [0.1, 0.15) is 0 Å². The lowest BCUT2D eigenvalue weighted by molar-refractivity contribution is 0.101. The predicted molar refractivity (Wildman–Crippen MR) is 108 cm³/mol. The zero-order chi connectivity index (χ0) is 20.0. The summed E-state index contributed by atoms with van der Waals surface area (Å²) in [7, 11) is -3.78. The van der Waals surface area contributed by atoms with Gasteiger partial charge >= 0.3 is 0 Å². The van der Waals surface area contributed by atoms with Crippen molar-refractivity contribution in [2.45, 2.75) is 24.8 Å². The fraction of sp³-hybridized carbons (Fsp3) is 0.182. The molecule has 0 atom stereocenters. The smallest absolute Gasteiger partial charge is 0.243 e. The molecule has 0 aliphatic rings. The second kappa shape index (κ2) is 8.91. The highest BCUT2D eigenvalue weighted by atomic mass is 32.2. The summed E-state index contributed by atoms with van der Waals surface area (Å²) >= 11 is 0. The molecule has 28 heavy (non-hydrogen) atoms. The Kier molecular flexibility index (Phi) is 6.34. The Morgan fingerprint density at radius 2 is 1.71 bits per heavy atom. The Labute approximate surface area is 165 Å². The Morgan fingerprint density at radius 1 is 0.964 bits per heavy atom. The second-order valence-corrected chi connectivity index (χ2v) is 8.42. The molecule has 2 aromatic carbocycles. The molecule has 0 saturated carbocycles. The molecule has 1 aromatic heterocycles. The number of rotatable bonds is 8. The minimum absolute atomic E-state index is 0.115. The number of sulfonamides is 1. The normalized spacial score (nSPS) is 11.5. The Morgan fingerprint density at radius 3 is 2.39 bits per heavy atom. The van der Waals surface area contributed by atoms with E-state index in [1.807, 2.05) is 36.4 Å². The molecule has 6 heteroatoms. The van der Waals surface area contributed by atoms with E-state index in [0.29, 0.717) is 24.2 Å². The number of nitrogens with zero attached hydrogens (tertiary/aromatic N) is 2. The van der Waals surface area contributed by atoms with Crippen LogP contribution in [0.15, 0.2) is 83.9 Å². The number of carbonyl (C=O) groups is 1. The van der Waals surface area contributed by atoms with Crippen molar-refractivity contribution in [1.82, 2.24) is 9.29 Å². The third kappa shape index (κ3) is 4.91. The number of hydrogen-bond donors (Lipinski definition) is 0. The molecule has 1 heterocycles. The summed E-state index contributed by atoms with van der Waals surface area (Å²) < 4.78 is 28.1. The molecule has 5 nitrogen and oxygen atoms in total. The Balaban J connectivity index is 1.91. The van der Waals surface area contributed by atoms with E-state index >= 15 is 0 Å². The van der Waals surface area contributed by atoms with E-state index in [1.165, 1.54) is 23.4 Å². The van der Waals surface area contributed by atoms with Crippen LogP contribution in [0.1, 0.15) is 28.5 Å². The lowest BCUT2D eigenvalue weighted by Crippen LogP contribution is -2.33. The first kappa shape index (κ1) is 19.9. The summed E-state index contributed by atoms with van der Waals surface area (Å²) in [6.45, 7) is 1.90. The van der Waals surface area contributed by atoms with Gasteiger partial charge in [-0.3, -0.25) is 9.78 Å². The quantitative estimate of drug-likeness (QED) is 0.546. The number of pyridine rings is 1. The SMILES string of the molecule is CC(=O)c1cccc(S(=O)(=O)N(CCc2ccccc2)Cc2ccccn2)c1. The standard InChI is InChI=1S/C22H22N2O3S/c1-18(25)20-10-7-12-22(16-20)28(26,27)24(17-21-11-5-6-14-23-21)15-13-19-8-3-2-4-9-19/h2-12,14,16H,13,15,17H2,1H3. The number of ketones is 1. The van der Waals surface area contributed by atoms with Crippen LogP contribution in [0.4, 0.5) is 0 Å². The summed E-state index contributed by atoms with van der Waals surface area (Å²) in [6, 6.07) is 21.4. The maximum atomic E-state index is 13.3. The molecule has 3 rings (SSSR count). The van der Waals surface area contributed by atoms with Crippen LogP contribution in [0.25, 0.3) is 0 Å². The monoisotopic (exact) mass is 394 g/mol. The van der Waals surface area contributed by atoms with Crippen LogP contribution in [-0.4, -0.2) is 30.0 Å². The highest BCUT2D eigenvalue weighted by molar-refractivity contribution is 7.89. The van der Waals surface area contributed by atoms with Gasteiger partial charge in [-0.1, -0.05) is 48.5 Å². The van der Waals surface area contributed by atoms with Crippen molar-refractivity contribution in [1.29, 1.82) is 0 Å². The molecule has 0 fully saturated rings. The van der Waals surface area contributed by atoms with Gasteiger partial charge in [0.15, 0.2) is 5.78 Å². The van der Waals surface area contributed by atoms with Crippen LogP contribution < -0.4 is 0 Å². The second-order valence-electron chi connectivity index (χ2n) is 6.48. The van der Waals surface area contributed by atoms with E-state index in [4.69, 9.17) is 0 Å². The molecule has 144 valence electrons. The Bertz CT molecular complexity index is 1040. The van der Waals surface area contributed by atoms with Gasteiger partial charge in [-0.05, 0) is 43.2 Å². The predicted octanol–water partition coefficient (Wildman–Crippen LogP) is 3.72. The van der Waals surface area contributed by atoms with Crippen molar-refractivity contribution >= 4 is 15.8 Å². The van der Waals surface area contributed by atoms with E-state index in [-0.39, 0.29) is 17.2 Å². The van der Waals surface area contributed by atoms with Crippen LogP contribution in [0, 0.1) is 0 Å². The van der Waals surface area contributed by atoms with Gasteiger partial charge in [-0.25, -0.2) is 8.42 Å². The molecular formula is C22H22N2O3S. The highest BCUT2D eigenvalue weighted by Gasteiger charge is 2.25. The third-order valence-electron chi connectivity index (χ3n) is 4.44. The zero-order valence-electron chi connectivity index (χ0n) is 15.7. The average Bonchev–Trinajstić information content (AvgIpc) is 2.72. The van der Waals surface area contributed by atoms with Crippen LogP contribution in [0.5, 0.6) is 0 Å². The maximum absolute atomic E-state index is 13.3. The van der Waals surface area contributed by atoms with E-state index < -0.39 is 10.0 Å². The third-order valence-corrected chi connectivity index (χ3v) is 6.28. The van der Waals surface area contributed by atoms with Gasteiger partial charge in [-0.15, -0.1) is 0 Å². The topological polar surface area (TPSA) is 67.3 Å². The summed E-state index contributed by atoms with van der Waals surface area (Å²) in [5.74, 6) is -0.169. The fourth-order valence-electron chi connectivity index (χ4n) is 2.88. The summed E-state index contributed by atoms with van der Waals surface area (Å²) in [4.78, 5) is 16.1. The first-order valence-electron chi connectivity index (χ1n) is 9.02. The molecule has 0 saturated heterocycles. The lowest BCUT2D eigenvalue weighted by Gasteiger charge is -2.22. The van der Waals surface area contributed by atoms with Crippen LogP contribution in [-0.2, 0) is 23.0 Å². The van der Waals surface area contributed by atoms with Gasteiger partial charge in [-0.2, -0.15) is 4.31 Å². The molecule has 0 radical (unpaired) electrons. The van der Waals surface area contributed by atoms with Gasteiger partial charge in [0.25, 0.3) is 0 Å². The largest absolute Gasteiger partial charge is 0.295 e. The number of carbonyl (C=O) groups excluding carboxylic acids is 1. The van der Waals surface area contributed by atoms with Crippen LogP contribution >= 0.6 is 0 Å². The zero-order valence-corrected chi connectivity index (χ0v) is 16.5. The van der Waals surface area contributed by atoms with E-state index in [9.17, 15) is 13.2 Å². The van der Waals surface area contributed by atoms with Crippen molar-refractivity contribution < 1.29 is 13.2 Å². The molecule has 0 bridgehead atoms. The molecule has 0 aliphatic carbocycles. The number of hydrogen-bond acceptors (Lipinski definition) is 4. The summed E-state index contributed by atoms with van der Waals surface area (Å²) in [5.41, 5.74) is 2.10. The minimum Gasteiger partial charge on any atom is -0.295 e. The first-order valence-corrected chi connectivity index (χ1v) is 10.5. The molecule has 0 unspecified atom stereocenters. The van der Waals surface area contributed by atoms with Crippen LogP contribution in [0.2, 0.25) is 0 Å². The van der Waals surface area contributed by atoms with Crippen LogP contribution in [0.3, 0.4) is 0 Å². The highest BCUT2D eigenvalue weighted by Crippen LogP contribution is 2.20. The minimum atomic E-state index is -3.78. The number of Topliss-reactive ketones (excluding diaryl/α,β-unsaturated/α-hetero) is 1. The van der Waals surface area contributed by atoms with Crippen molar-refractivity contribution in [2.75, 3.05) is 6.54 Å². The van der Waals surface area contributed by atoms with Crippen molar-refractivity contribution in [3.63, 3.8) is 0 Å². The van der Waals surface area contributed by atoms with Gasteiger partial charge in [0.2, 0.25) is 10.0 Å². The van der Waals surface area contributed by atoms with E-state index in [0.717, 1.165) is 5.56 Å². The van der Waals surface area contributed by atoms with Gasteiger partial charge in [0, 0.05) is 18.3 Å². The number of aromatic nitrogens is 1. The van der Waals surface area contributed by atoms with Gasteiger partial charge in [0.05, 0.1) is 17.1 Å². The lowest BCUT2D eigenvalue weighted by atomic mass is 10.1. The molecular weight excluding hydrogens is 372 g/mol. The van der Waals surface area contributed by atoms with E-state index in [2.05, 4.69) is 4.98 Å². The maximum Gasteiger partial charge on any atom is 0.243 e. The van der Waals surface area contributed by atoms with Crippen molar-refractivity contribution in [2.24, 2.45) is 0 Å². The van der Waals surface area contributed by atoms with Crippen molar-refractivity contribution in [3.8, 4) is 0 Å². The average molecular weight is 394 g/mol. The molecule has 3 aromatic rings. The fourth-order valence-corrected chi connectivity index (χ4v) is 4.34. The molecule has 0 amide bonds. The molecule has 0 spiro atoms. The number of benzene rings is 2. The van der Waals surface area contributed by atoms with Crippen molar-refractivity contribution in [3.05, 3.63) is 95.8 Å². The summed E-state index contributed by atoms with van der Waals surface area (Å²) in [5, 5.41) is 0. The first-order chi connectivity index (χ1) is 13.5. The summed E-state index contributed by atoms with van der Waals surface area (Å²) in [6.07, 6.45) is 2.23. The van der Waals surface area contributed by atoms with Gasteiger partial charge < -0.3 is 0 Å². The molecule has 0 aliphatic heterocycles. The molecule has 0 N–H and O–H groups in total.